The van der Waals surface area contributed by atoms with E-state index in [0.717, 1.165) is 38.4 Å². The van der Waals surface area contributed by atoms with E-state index in [1.165, 1.54) is 36.0 Å². The zero-order chi connectivity index (χ0) is 16.6. The highest BCUT2D eigenvalue weighted by Gasteiger charge is 2.48. The van der Waals surface area contributed by atoms with E-state index < -0.39 is 0 Å². The molecule has 24 heavy (non-hydrogen) atoms. The van der Waals surface area contributed by atoms with Gasteiger partial charge in [0.2, 0.25) is 0 Å². The number of hydrogen-bond donors (Lipinski definition) is 1. The fraction of sp³-hybridized carbons (Fsp3) is 0.700. The summed E-state index contributed by atoms with van der Waals surface area (Å²) in [6, 6.07) is 4.65. The molecule has 2 atom stereocenters. The van der Waals surface area contributed by atoms with Crippen LogP contribution in [0.4, 0.5) is 0 Å². The van der Waals surface area contributed by atoms with Crippen molar-refractivity contribution >= 4 is 0 Å². The molecule has 0 amide bonds. The Balaban J connectivity index is 1.55. The van der Waals surface area contributed by atoms with Gasteiger partial charge >= 0.3 is 0 Å². The fourth-order valence-electron chi connectivity index (χ4n) is 4.86. The minimum Gasteiger partial charge on any atom is -0.494 e. The highest BCUT2D eigenvalue weighted by molar-refractivity contribution is 5.45. The minimum absolute atomic E-state index is 0.0548. The lowest BCUT2D eigenvalue weighted by Gasteiger charge is -2.36. The number of nitrogens with zero attached hydrogens (tertiary/aromatic N) is 1. The predicted octanol–water partition coefficient (Wildman–Crippen LogP) is 2.40. The molecule has 4 rings (SSSR count). The van der Waals surface area contributed by atoms with Crippen LogP contribution in [0.1, 0.15) is 36.5 Å². The Kier molecular flexibility index (Phi) is 4.54. The minimum atomic E-state index is -0.0548. The van der Waals surface area contributed by atoms with E-state index >= 15 is 0 Å². The highest BCUT2D eigenvalue weighted by Crippen LogP contribution is 2.42. The predicted molar refractivity (Wildman–Crippen MR) is 93.4 cm³/mol. The van der Waals surface area contributed by atoms with Crippen LogP contribution in [0.2, 0.25) is 0 Å². The Morgan fingerprint density at radius 1 is 1.33 bits per heavy atom. The fourth-order valence-corrected chi connectivity index (χ4v) is 4.86. The second-order valence-electron chi connectivity index (χ2n) is 7.74. The maximum absolute atomic E-state index is 9.97. The van der Waals surface area contributed by atoms with Crippen LogP contribution in [-0.4, -0.2) is 49.5 Å². The van der Waals surface area contributed by atoms with Crippen LogP contribution in [0.15, 0.2) is 12.1 Å². The third kappa shape index (κ3) is 2.85. The van der Waals surface area contributed by atoms with Crippen LogP contribution in [0.5, 0.6) is 5.75 Å². The molecule has 2 fully saturated rings. The molecule has 1 aliphatic carbocycles. The summed E-state index contributed by atoms with van der Waals surface area (Å²) in [6.07, 6.45) is 4.72. The summed E-state index contributed by atoms with van der Waals surface area (Å²) in [4.78, 5) is 2.49. The Hall–Kier alpha value is -1.10. The van der Waals surface area contributed by atoms with Gasteiger partial charge in [0, 0.05) is 37.2 Å². The largest absolute Gasteiger partial charge is 0.494 e. The molecular formula is C20H29NO3. The van der Waals surface area contributed by atoms with Gasteiger partial charge < -0.3 is 14.6 Å². The number of likely N-dealkylation sites (tertiary alicyclic amines) is 1. The Labute approximate surface area is 144 Å². The first-order chi connectivity index (χ1) is 11.7. The molecule has 0 saturated carbocycles. The summed E-state index contributed by atoms with van der Waals surface area (Å²) in [5.74, 6) is 1.61. The van der Waals surface area contributed by atoms with Gasteiger partial charge in [0.05, 0.1) is 19.8 Å². The zero-order valence-corrected chi connectivity index (χ0v) is 14.7. The van der Waals surface area contributed by atoms with E-state index in [4.69, 9.17) is 9.47 Å². The molecule has 2 saturated heterocycles. The van der Waals surface area contributed by atoms with Crippen LogP contribution in [0.25, 0.3) is 0 Å². The summed E-state index contributed by atoms with van der Waals surface area (Å²) < 4.78 is 11.6. The van der Waals surface area contributed by atoms with Crippen molar-refractivity contribution in [1.82, 2.24) is 4.90 Å². The van der Waals surface area contributed by atoms with Gasteiger partial charge in [0.25, 0.3) is 0 Å². The maximum Gasteiger partial charge on any atom is 0.124 e. The standard InChI is InChI=1S/C20H29NO3/c1-2-24-19-9-16-5-3-4-15(16)8-17(19)10-21-11-18-6-7-23-14-20(18,12-21)13-22/h8-9,18,22H,2-7,10-14H2,1H3/t18-,20+/m0/s1. The molecule has 0 unspecified atom stereocenters. The van der Waals surface area contributed by atoms with Gasteiger partial charge in [-0.1, -0.05) is 6.07 Å². The topological polar surface area (TPSA) is 41.9 Å². The molecule has 0 radical (unpaired) electrons. The average molecular weight is 331 g/mol. The smallest absolute Gasteiger partial charge is 0.124 e. The molecule has 4 nitrogen and oxygen atoms in total. The van der Waals surface area contributed by atoms with Crippen LogP contribution in [-0.2, 0) is 24.1 Å². The van der Waals surface area contributed by atoms with Gasteiger partial charge in [-0.05, 0) is 55.7 Å². The molecule has 3 aliphatic rings. The first-order valence-electron chi connectivity index (χ1n) is 9.42. The van der Waals surface area contributed by atoms with E-state index in [9.17, 15) is 5.11 Å². The summed E-state index contributed by atoms with van der Waals surface area (Å²) in [6.45, 7) is 7.44. The SMILES string of the molecule is CCOc1cc2c(cc1CN1C[C@@H]3CCOC[C@]3(CO)C1)CCC2. The Morgan fingerprint density at radius 3 is 2.92 bits per heavy atom. The maximum atomic E-state index is 9.97. The zero-order valence-electron chi connectivity index (χ0n) is 14.7. The van der Waals surface area contributed by atoms with Gasteiger partial charge in [-0.2, -0.15) is 0 Å². The molecule has 0 bridgehead atoms. The lowest BCUT2D eigenvalue weighted by atomic mass is 9.76. The van der Waals surface area contributed by atoms with Crippen molar-refractivity contribution in [2.75, 3.05) is 39.5 Å². The number of aliphatic hydroxyl groups is 1. The number of aliphatic hydroxyl groups excluding tert-OH is 1. The van der Waals surface area contributed by atoms with Crippen LogP contribution >= 0.6 is 0 Å². The first-order valence-corrected chi connectivity index (χ1v) is 9.42. The molecule has 2 heterocycles. The lowest BCUT2D eigenvalue weighted by Crippen LogP contribution is -2.42. The molecule has 1 aromatic rings. The monoisotopic (exact) mass is 331 g/mol. The quantitative estimate of drug-likeness (QED) is 0.900. The van der Waals surface area contributed by atoms with Gasteiger partial charge in [0.15, 0.2) is 0 Å². The first kappa shape index (κ1) is 16.4. The molecule has 2 aliphatic heterocycles. The normalized spacial score (nSPS) is 29.5. The summed E-state index contributed by atoms with van der Waals surface area (Å²) in [5.41, 5.74) is 4.23. The summed E-state index contributed by atoms with van der Waals surface area (Å²) in [7, 11) is 0. The summed E-state index contributed by atoms with van der Waals surface area (Å²) >= 11 is 0. The third-order valence-corrected chi connectivity index (χ3v) is 6.17. The molecule has 132 valence electrons. The second kappa shape index (κ2) is 6.66. The van der Waals surface area contributed by atoms with Gasteiger partial charge in [-0.25, -0.2) is 0 Å². The molecule has 0 spiro atoms. The van der Waals surface area contributed by atoms with Crippen molar-refractivity contribution in [3.05, 3.63) is 28.8 Å². The van der Waals surface area contributed by atoms with E-state index in [-0.39, 0.29) is 12.0 Å². The molecule has 0 aromatic heterocycles. The second-order valence-corrected chi connectivity index (χ2v) is 7.74. The van der Waals surface area contributed by atoms with Crippen molar-refractivity contribution < 1.29 is 14.6 Å². The van der Waals surface area contributed by atoms with Crippen LogP contribution in [0, 0.1) is 11.3 Å². The number of rotatable bonds is 5. The van der Waals surface area contributed by atoms with Crippen LogP contribution < -0.4 is 4.74 Å². The number of benzene rings is 1. The molecule has 1 aromatic carbocycles. The molecule has 4 heteroatoms. The van der Waals surface area contributed by atoms with Crippen molar-refractivity contribution in [3.63, 3.8) is 0 Å². The van der Waals surface area contributed by atoms with E-state index in [1.807, 2.05) is 0 Å². The molecule has 1 N–H and O–H groups in total. The number of ether oxygens (including phenoxy) is 2. The van der Waals surface area contributed by atoms with E-state index in [0.29, 0.717) is 19.1 Å². The Morgan fingerprint density at radius 2 is 2.17 bits per heavy atom. The van der Waals surface area contributed by atoms with Crippen molar-refractivity contribution in [3.8, 4) is 5.75 Å². The van der Waals surface area contributed by atoms with Gasteiger partial charge in [0.1, 0.15) is 5.75 Å². The van der Waals surface area contributed by atoms with Crippen LogP contribution in [0.3, 0.4) is 0 Å². The van der Waals surface area contributed by atoms with Crippen molar-refractivity contribution in [1.29, 1.82) is 0 Å². The molecular weight excluding hydrogens is 302 g/mol. The van der Waals surface area contributed by atoms with Crippen molar-refractivity contribution in [2.45, 2.75) is 39.2 Å². The van der Waals surface area contributed by atoms with E-state index in [2.05, 4.69) is 24.0 Å². The third-order valence-electron chi connectivity index (χ3n) is 6.17. The number of fused-ring (bicyclic) bond motifs is 2. The van der Waals surface area contributed by atoms with E-state index in [1.54, 1.807) is 0 Å². The van der Waals surface area contributed by atoms with Gasteiger partial charge in [-0.3, -0.25) is 4.90 Å². The number of aryl methyl sites for hydroxylation is 2. The summed E-state index contributed by atoms with van der Waals surface area (Å²) in [5, 5.41) is 9.97. The average Bonchev–Trinajstić information content (AvgIpc) is 3.19. The van der Waals surface area contributed by atoms with Gasteiger partial charge in [-0.15, -0.1) is 0 Å². The Bertz CT molecular complexity index is 603. The lowest BCUT2D eigenvalue weighted by molar-refractivity contribution is -0.0561. The highest BCUT2D eigenvalue weighted by atomic mass is 16.5. The number of hydrogen-bond acceptors (Lipinski definition) is 4. The van der Waals surface area contributed by atoms with Crippen molar-refractivity contribution in [2.24, 2.45) is 11.3 Å².